The molecule has 0 radical (unpaired) electrons. The van der Waals surface area contributed by atoms with Gasteiger partial charge in [0.05, 0.1) is 12.0 Å². The van der Waals surface area contributed by atoms with Crippen LogP contribution in [0.25, 0.3) is 12.2 Å². The second-order valence-electron chi connectivity index (χ2n) is 7.48. The third-order valence-corrected chi connectivity index (χ3v) is 3.81. The number of hydrogen-bond acceptors (Lipinski definition) is 4. The molecule has 2 aromatic carbocycles. The van der Waals surface area contributed by atoms with Crippen molar-refractivity contribution in [1.82, 2.24) is 0 Å². The van der Waals surface area contributed by atoms with E-state index in [1.165, 1.54) is 12.2 Å². The van der Waals surface area contributed by atoms with Gasteiger partial charge in [0, 0.05) is 0 Å². The van der Waals surface area contributed by atoms with Gasteiger partial charge in [0.15, 0.2) is 5.78 Å². The largest absolute Gasteiger partial charge is 0.508 e. The first kappa shape index (κ1) is 21.9. The number of ketones is 1. The van der Waals surface area contributed by atoms with Crippen LogP contribution in [0, 0.1) is 0 Å². The molecular formula is C25H26O4. The lowest BCUT2D eigenvalue weighted by Crippen LogP contribution is -2.25. The minimum absolute atomic E-state index is 0.0152. The number of aliphatic hydroxyl groups excluding tert-OH is 1. The SMILES string of the molecule is CC(C)(C)OC(=O)C/C(C(=O)/C=C/c1ccccc1)=C(O)\C=C\c1ccccc1. The van der Waals surface area contributed by atoms with Gasteiger partial charge in [-0.3, -0.25) is 9.59 Å². The van der Waals surface area contributed by atoms with E-state index in [4.69, 9.17) is 4.74 Å². The Bertz CT molecular complexity index is 914. The molecule has 29 heavy (non-hydrogen) atoms. The number of carbonyl (C=O) groups excluding carboxylic acids is 2. The lowest BCUT2D eigenvalue weighted by molar-refractivity contribution is -0.154. The molecule has 0 aliphatic carbocycles. The number of hydrogen-bond donors (Lipinski definition) is 1. The van der Waals surface area contributed by atoms with E-state index in [9.17, 15) is 14.7 Å². The fourth-order valence-electron chi connectivity index (χ4n) is 2.50. The van der Waals surface area contributed by atoms with Crippen LogP contribution in [0.3, 0.4) is 0 Å². The summed E-state index contributed by atoms with van der Waals surface area (Å²) in [6, 6.07) is 18.7. The van der Waals surface area contributed by atoms with E-state index in [1.807, 2.05) is 60.7 Å². The van der Waals surface area contributed by atoms with Crippen LogP contribution in [0.15, 0.2) is 84.1 Å². The van der Waals surface area contributed by atoms with Crippen LogP contribution in [0.1, 0.15) is 38.3 Å². The predicted octanol–water partition coefficient (Wildman–Crippen LogP) is 5.53. The maximum atomic E-state index is 12.7. The number of carbonyl (C=O) groups is 2. The van der Waals surface area contributed by atoms with Gasteiger partial charge in [-0.25, -0.2) is 0 Å². The Morgan fingerprint density at radius 3 is 1.83 bits per heavy atom. The van der Waals surface area contributed by atoms with Crippen LogP contribution < -0.4 is 0 Å². The zero-order chi connectivity index (χ0) is 21.3. The van der Waals surface area contributed by atoms with Crippen LogP contribution in [0.2, 0.25) is 0 Å². The summed E-state index contributed by atoms with van der Waals surface area (Å²) in [7, 11) is 0. The molecule has 0 amide bonds. The van der Waals surface area contributed by atoms with E-state index in [-0.39, 0.29) is 17.8 Å². The summed E-state index contributed by atoms with van der Waals surface area (Å²) in [5.74, 6) is -1.29. The van der Waals surface area contributed by atoms with Gasteiger partial charge in [0.2, 0.25) is 0 Å². The Morgan fingerprint density at radius 2 is 1.34 bits per heavy atom. The summed E-state index contributed by atoms with van der Waals surface area (Å²) >= 11 is 0. The van der Waals surface area contributed by atoms with E-state index < -0.39 is 17.4 Å². The van der Waals surface area contributed by atoms with Crippen molar-refractivity contribution in [3.05, 3.63) is 95.3 Å². The maximum absolute atomic E-state index is 12.7. The van der Waals surface area contributed by atoms with Crippen LogP contribution >= 0.6 is 0 Å². The Balaban J connectivity index is 2.28. The van der Waals surface area contributed by atoms with Gasteiger partial charge in [0.1, 0.15) is 11.4 Å². The highest BCUT2D eigenvalue weighted by molar-refractivity contribution is 6.09. The molecule has 0 heterocycles. The van der Waals surface area contributed by atoms with Crippen molar-refractivity contribution in [3.8, 4) is 0 Å². The zero-order valence-electron chi connectivity index (χ0n) is 17.0. The Hall–Kier alpha value is -3.40. The second kappa shape index (κ2) is 10.2. The first-order valence-corrected chi connectivity index (χ1v) is 9.39. The number of benzene rings is 2. The molecular weight excluding hydrogens is 364 g/mol. The van der Waals surface area contributed by atoms with Crippen molar-refractivity contribution >= 4 is 23.9 Å². The molecule has 1 N–H and O–H groups in total. The summed E-state index contributed by atoms with van der Waals surface area (Å²) in [4.78, 5) is 25.0. The van der Waals surface area contributed by atoms with Gasteiger partial charge in [-0.05, 0) is 44.1 Å². The number of ether oxygens (including phenoxy) is 1. The fourth-order valence-corrected chi connectivity index (χ4v) is 2.50. The molecule has 0 fully saturated rings. The summed E-state index contributed by atoms with van der Waals surface area (Å²) in [5.41, 5.74) is 1.01. The molecule has 4 nitrogen and oxygen atoms in total. The number of rotatable bonds is 7. The molecule has 150 valence electrons. The van der Waals surface area contributed by atoms with Crippen molar-refractivity contribution in [2.75, 3.05) is 0 Å². The van der Waals surface area contributed by atoms with Crippen LogP contribution in [-0.4, -0.2) is 22.5 Å². The quantitative estimate of drug-likeness (QED) is 0.292. The van der Waals surface area contributed by atoms with Crippen LogP contribution in [-0.2, 0) is 14.3 Å². The van der Waals surface area contributed by atoms with Crippen molar-refractivity contribution in [2.45, 2.75) is 32.8 Å². The summed E-state index contributed by atoms with van der Waals surface area (Å²) in [6.07, 6.45) is 5.77. The zero-order valence-corrected chi connectivity index (χ0v) is 17.0. The number of allylic oxidation sites excluding steroid dienone is 2. The Kier molecular flexibility index (Phi) is 7.72. The molecule has 2 aromatic rings. The summed E-state index contributed by atoms with van der Waals surface area (Å²) in [5, 5.41) is 10.5. The standard InChI is InChI=1S/C25H26O4/c1-25(2,3)29-24(28)18-21(22(26)16-14-19-10-6-4-7-11-19)23(27)17-15-20-12-8-5-9-13-20/h4-17,26H,18H2,1-3H3/b16-14+,17-15+,22-21-. The van der Waals surface area contributed by atoms with Gasteiger partial charge >= 0.3 is 5.97 Å². The van der Waals surface area contributed by atoms with Gasteiger partial charge in [-0.1, -0.05) is 72.8 Å². The first-order chi connectivity index (χ1) is 13.7. The maximum Gasteiger partial charge on any atom is 0.311 e. The van der Waals surface area contributed by atoms with Crippen LogP contribution in [0.5, 0.6) is 0 Å². The van der Waals surface area contributed by atoms with E-state index in [2.05, 4.69) is 0 Å². The average molecular weight is 390 g/mol. The molecule has 0 spiro atoms. The highest BCUT2D eigenvalue weighted by Gasteiger charge is 2.21. The normalized spacial score (nSPS) is 12.8. The van der Waals surface area contributed by atoms with E-state index >= 15 is 0 Å². The minimum Gasteiger partial charge on any atom is -0.508 e. The Morgan fingerprint density at radius 1 is 0.862 bits per heavy atom. The van der Waals surface area contributed by atoms with E-state index in [0.29, 0.717) is 0 Å². The molecule has 0 aliphatic rings. The molecule has 0 aromatic heterocycles. The lowest BCUT2D eigenvalue weighted by Gasteiger charge is -2.19. The number of aliphatic hydroxyl groups is 1. The third-order valence-electron chi connectivity index (χ3n) is 3.81. The van der Waals surface area contributed by atoms with Crippen LogP contribution in [0.4, 0.5) is 0 Å². The van der Waals surface area contributed by atoms with Crippen molar-refractivity contribution in [1.29, 1.82) is 0 Å². The molecule has 0 aliphatic heterocycles. The second-order valence-corrected chi connectivity index (χ2v) is 7.48. The lowest BCUT2D eigenvalue weighted by atomic mass is 10.0. The van der Waals surface area contributed by atoms with Gasteiger partial charge < -0.3 is 9.84 Å². The highest BCUT2D eigenvalue weighted by Crippen LogP contribution is 2.17. The van der Waals surface area contributed by atoms with Crippen molar-refractivity contribution in [2.24, 2.45) is 0 Å². The third kappa shape index (κ3) is 8.01. The topological polar surface area (TPSA) is 63.6 Å². The number of esters is 1. The smallest absolute Gasteiger partial charge is 0.311 e. The molecule has 2 rings (SSSR count). The van der Waals surface area contributed by atoms with Crippen molar-refractivity contribution < 1.29 is 19.4 Å². The molecule has 4 heteroatoms. The molecule has 0 saturated heterocycles. The Labute approximate surface area is 171 Å². The van der Waals surface area contributed by atoms with Gasteiger partial charge in [-0.2, -0.15) is 0 Å². The molecule has 0 unspecified atom stereocenters. The summed E-state index contributed by atoms with van der Waals surface area (Å²) in [6.45, 7) is 5.25. The van der Waals surface area contributed by atoms with Gasteiger partial charge in [0.25, 0.3) is 0 Å². The fraction of sp³-hybridized carbons (Fsp3) is 0.200. The monoisotopic (exact) mass is 390 g/mol. The molecule has 0 bridgehead atoms. The highest BCUT2D eigenvalue weighted by atomic mass is 16.6. The molecule has 0 atom stereocenters. The predicted molar refractivity (Wildman–Crippen MR) is 116 cm³/mol. The van der Waals surface area contributed by atoms with E-state index in [0.717, 1.165) is 11.1 Å². The first-order valence-electron chi connectivity index (χ1n) is 9.39. The average Bonchev–Trinajstić information content (AvgIpc) is 2.68. The minimum atomic E-state index is -0.680. The van der Waals surface area contributed by atoms with Gasteiger partial charge in [-0.15, -0.1) is 0 Å². The summed E-state index contributed by atoms with van der Waals surface area (Å²) < 4.78 is 5.31. The van der Waals surface area contributed by atoms with E-state index in [1.54, 1.807) is 32.9 Å². The van der Waals surface area contributed by atoms with Crippen molar-refractivity contribution in [3.63, 3.8) is 0 Å². The molecule has 0 saturated carbocycles.